The van der Waals surface area contributed by atoms with Crippen LogP contribution >= 0.6 is 11.8 Å². The predicted octanol–water partition coefficient (Wildman–Crippen LogP) is 4.93. The number of nitrogens with zero attached hydrogens (tertiary/aromatic N) is 2. The molecule has 2 N–H and O–H groups in total. The lowest BCUT2D eigenvalue weighted by Crippen LogP contribution is -2.23. The summed E-state index contributed by atoms with van der Waals surface area (Å²) in [4.78, 5) is 34.8. The molecule has 1 aliphatic heterocycles. The first-order chi connectivity index (χ1) is 16.1. The van der Waals surface area contributed by atoms with Crippen LogP contribution in [0.2, 0.25) is 0 Å². The van der Waals surface area contributed by atoms with Crippen LogP contribution in [0, 0.1) is 5.82 Å². The summed E-state index contributed by atoms with van der Waals surface area (Å²) >= 11 is 1.36. The van der Waals surface area contributed by atoms with Crippen molar-refractivity contribution in [1.29, 1.82) is 0 Å². The van der Waals surface area contributed by atoms with Gasteiger partial charge in [-0.15, -0.1) is 0 Å². The zero-order valence-corrected chi connectivity index (χ0v) is 18.0. The minimum Gasteiger partial charge on any atom is -0.348 e. The van der Waals surface area contributed by atoms with Crippen LogP contribution in [0.1, 0.15) is 26.3 Å². The van der Waals surface area contributed by atoms with Crippen LogP contribution in [0.15, 0.2) is 89.2 Å². The Balaban J connectivity index is 1.28. The molecule has 2 heterocycles. The third kappa shape index (κ3) is 4.47. The van der Waals surface area contributed by atoms with Gasteiger partial charge in [0.25, 0.3) is 11.8 Å². The zero-order valence-electron chi connectivity index (χ0n) is 17.2. The second-order valence-corrected chi connectivity index (χ2v) is 8.50. The highest BCUT2D eigenvalue weighted by molar-refractivity contribution is 7.99. The van der Waals surface area contributed by atoms with Crippen molar-refractivity contribution in [2.75, 3.05) is 5.32 Å². The van der Waals surface area contributed by atoms with E-state index in [0.29, 0.717) is 22.7 Å². The molecule has 0 radical (unpaired) electrons. The lowest BCUT2D eigenvalue weighted by atomic mass is 10.1. The minimum absolute atomic E-state index is 0.259. The predicted molar refractivity (Wildman–Crippen MR) is 124 cm³/mol. The Bertz CT molecular complexity index is 1360. The van der Waals surface area contributed by atoms with Gasteiger partial charge in [0, 0.05) is 39.9 Å². The Hall–Kier alpha value is -4.04. The van der Waals surface area contributed by atoms with Crippen molar-refractivity contribution >= 4 is 29.3 Å². The Kier molecular flexibility index (Phi) is 5.58. The SMILES string of the molecule is O=C(NCc1ccc(-c2cncnc2)cc1)c1ccc2c(c1)NC(=O)c1cc(F)ccc1S2. The normalized spacial score (nSPS) is 12.2. The summed E-state index contributed by atoms with van der Waals surface area (Å²) in [5.41, 5.74) is 4.06. The number of anilines is 1. The van der Waals surface area contributed by atoms with Gasteiger partial charge in [-0.25, -0.2) is 14.4 Å². The number of fused-ring (bicyclic) bond motifs is 2. The molecule has 33 heavy (non-hydrogen) atoms. The van der Waals surface area contributed by atoms with E-state index in [1.165, 1.54) is 30.2 Å². The van der Waals surface area contributed by atoms with Gasteiger partial charge in [0.2, 0.25) is 0 Å². The highest BCUT2D eigenvalue weighted by Crippen LogP contribution is 2.39. The monoisotopic (exact) mass is 456 g/mol. The van der Waals surface area contributed by atoms with E-state index in [4.69, 9.17) is 0 Å². The van der Waals surface area contributed by atoms with Gasteiger partial charge in [0.1, 0.15) is 12.1 Å². The van der Waals surface area contributed by atoms with Crippen molar-refractivity contribution in [2.24, 2.45) is 0 Å². The second-order valence-electron chi connectivity index (χ2n) is 7.41. The standard InChI is InChI=1S/C25H17FN4O2S/c26-19-6-8-22-20(10-19)25(32)30-21-9-17(5-7-23(21)33-22)24(31)29-11-15-1-3-16(4-2-15)18-12-27-14-28-13-18/h1-10,12-14H,11H2,(H,29,31)(H,30,32). The van der Waals surface area contributed by atoms with E-state index >= 15 is 0 Å². The van der Waals surface area contributed by atoms with Crippen LogP contribution in [-0.2, 0) is 6.54 Å². The molecule has 0 saturated heterocycles. The van der Waals surface area contributed by atoms with Crippen LogP contribution < -0.4 is 10.6 Å². The maximum absolute atomic E-state index is 13.6. The molecule has 8 heteroatoms. The van der Waals surface area contributed by atoms with E-state index in [0.717, 1.165) is 21.6 Å². The van der Waals surface area contributed by atoms with Crippen molar-refractivity contribution in [3.05, 3.63) is 102 Å². The summed E-state index contributed by atoms with van der Waals surface area (Å²) in [7, 11) is 0. The van der Waals surface area contributed by atoms with Crippen molar-refractivity contribution in [3.8, 4) is 11.1 Å². The number of hydrogen-bond acceptors (Lipinski definition) is 5. The largest absolute Gasteiger partial charge is 0.348 e. The lowest BCUT2D eigenvalue weighted by molar-refractivity contribution is 0.0949. The van der Waals surface area contributed by atoms with Gasteiger partial charge in [-0.1, -0.05) is 36.0 Å². The first kappa shape index (κ1) is 20.8. The number of aromatic nitrogens is 2. The second kappa shape index (κ2) is 8.84. The zero-order chi connectivity index (χ0) is 22.8. The van der Waals surface area contributed by atoms with E-state index in [9.17, 15) is 14.0 Å². The van der Waals surface area contributed by atoms with Crippen molar-refractivity contribution in [1.82, 2.24) is 15.3 Å². The molecule has 1 aromatic heterocycles. The molecule has 0 fully saturated rings. The molecule has 0 spiro atoms. The first-order valence-electron chi connectivity index (χ1n) is 10.1. The smallest absolute Gasteiger partial charge is 0.256 e. The van der Waals surface area contributed by atoms with Gasteiger partial charge >= 0.3 is 0 Å². The number of carbonyl (C=O) groups is 2. The van der Waals surface area contributed by atoms with E-state index in [1.54, 1.807) is 36.7 Å². The molecule has 5 rings (SSSR count). The summed E-state index contributed by atoms with van der Waals surface area (Å²) in [6, 6.07) is 17.0. The molecule has 1 aliphatic rings. The van der Waals surface area contributed by atoms with Gasteiger partial charge in [0.05, 0.1) is 11.3 Å². The molecular formula is C25H17FN4O2S. The van der Waals surface area contributed by atoms with Crippen molar-refractivity contribution < 1.29 is 14.0 Å². The Morgan fingerprint density at radius 1 is 0.939 bits per heavy atom. The third-order valence-electron chi connectivity index (χ3n) is 5.20. The summed E-state index contributed by atoms with van der Waals surface area (Å²) in [5.74, 6) is -1.14. The molecule has 0 bridgehead atoms. The number of nitrogens with one attached hydrogen (secondary N) is 2. The first-order valence-corrected chi connectivity index (χ1v) is 10.9. The molecule has 6 nitrogen and oxygen atoms in total. The average Bonchev–Trinajstić information content (AvgIpc) is 2.98. The van der Waals surface area contributed by atoms with E-state index in [-0.39, 0.29) is 11.5 Å². The third-order valence-corrected chi connectivity index (χ3v) is 6.35. The fourth-order valence-electron chi connectivity index (χ4n) is 3.48. The summed E-state index contributed by atoms with van der Waals surface area (Å²) in [6.45, 7) is 0.354. The van der Waals surface area contributed by atoms with E-state index < -0.39 is 11.7 Å². The van der Waals surface area contributed by atoms with Crippen LogP contribution in [0.4, 0.5) is 10.1 Å². The Morgan fingerprint density at radius 3 is 2.48 bits per heavy atom. The molecule has 4 aromatic rings. The number of carbonyl (C=O) groups excluding carboxylic acids is 2. The quantitative estimate of drug-likeness (QED) is 0.455. The van der Waals surface area contributed by atoms with Gasteiger partial charge in [-0.3, -0.25) is 9.59 Å². The van der Waals surface area contributed by atoms with Crippen molar-refractivity contribution in [3.63, 3.8) is 0 Å². The highest BCUT2D eigenvalue weighted by atomic mass is 32.2. The molecule has 0 unspecified atom stereocenters. The van der Waals surface area contributed by atoms with Crippen LogP contribution in [-0.4, -0.2) is 21.8 Å². The Labute approximate surface area is 193 Å². The minimum atomic E-state index is -0.472. The van der Waals surface area contributed by atoms with Gasteiger partial charge in [0.15, 0.2) is 0 Å². The number of hydrogen-bond donors (Lipinski definition) is 2. The molecule has 3 aromatic carbocycles. The fourth-order valence-corrected chi connectivity index (χ4v) is 4.47. The van der Waals surface area contributed by atoms with Crippen LogP contribution in [0.5, 0.6) is 0 Å². The maximum Gasteiger partial charge on any atom is 0.256 e. The Morgan fingerprint density at radius 2 is 1.70 bits per heavy atom. The summed E-state index contributed by atoms with van der Waals surface area (Å²) in [6.07, 6.45) is 4.97. The molecule has 0 atom stereocenters. The molecule has 0 aliphatic carbocycles. The molecule has 162 valence electrons. The van der Waals surface area contributed by atoms with E-state index in [1.807, 2.05) is 24.3 Å². The number of amides is 2. The van der Waals surface area contributed by atoms with E-state index in [2.05, 4.69) is 20.6 Å². The maximum atomic E-state index is 13.6. The van der Waals surface area contributed by atoms with Crippen LogP contribution in [0.25, 0.3) is 11.1 Å². The number of benzene rings is 3. The molecular weight excluding hydrogens is 439 g/mol. The summed E-state index contributed by atoms with van der Waals surface area (Å²) < 4.78 is 13.6. The summed E-state index contributed by atoms with van der Waals surface area (Å²) in [5, 5.41) is 5.68. The fraction of sp³-hybridized carbons (Fsp3) is 0.0400. The average molecular weight is 457 g/mol. The number of rotatable bonds is 4. The number of halogens is 1. The van der Waals surface area contributed by atoms with Gasteiger partial charge in [-0.2, -0.15) is 0 Å². The topological polar surface area (TPSA) is 84.0 Å². The highest BCUT2D eigenvalue weighted by Gasteiger charge is 2.21. The van der Waals surface area contributed by atoms with Crippen LogP contribution in [0.3, 0.4) is 0 Å². The van der Waals surface area contributed by atoms with Gasteiger partial charge < -0.3 is 10.6 Å². The lowest BCUT2D eigenvalue weighted by Gasteiger charge is -2.10. The molecule has 2 amide bonds. The molecule has 0 saturated carbocycles. The van der Waals surface area contributed by atoms with Crippen molar-refractivity contribution in [2.45, 2.75) is 16.3 Å². The van der Waals surface area contributed by atoms with Gasteiger partial charge in [-0.05, 0) is 47.5 Å².